The molecule has 0 aliphatic heterocycles. The lowest BCUT2D eigenvalue weighted by Crippen LogP contribution is -1.95. The molecule has 0 unspecified atom stereocenters. The summed E-state index contributed by atoms with van der Waals surface area (Å²) in [6.07, 6.45) is 0. The number of hydrogen-bond donors (Lipinski definition) is 0. The summed E-state index contributed by atoms with van der Waals surface area (Å²) in [7, 11) is 0. The molecule has 0 aliphatic rings. The highest BCUT2D eigenvalue weighted by molar-refractivity contribution is 9.11. The van der Waals surface area contributed by atoms with Gasteiger partial charge in [-0.25, -0.2) is 9.97 Å². The van der Waals surface area contributed by atoms with E-state index in [2.05, 4.69) is 72.1 Å². The number of nitrogens with zero attached hydrogens (tertiary/aromatic N) is 2. The Hall–Kier alpha value is -1.82. The van der Waals surface area contributed by atoms with Crippen molar-refractivity contribution in [3.63, 3.8) is 0 Å². The summed E-state index contributed by atoms with van der Waals surface area (Å²) in [5.41, 5.74) is 4.88. The molecular weight excluding hydrogens is 532 g/mol. The van der Waals surface area contributed by atoms with Crippen molar-refractivity contribution in [1.29, 1.82) is 0 Å². The van der Waals surface area contributed by atoms with Crippen molar-refractivity contribution in [2.45, 2.75) is 0 Å². The summed E-state index contributed by atoms with van der Waals surface area (Å²) >= 11 is 10.5. The van der Waals surface area contributed by atoms with E-state index in [1.54, 1.807) is 0 Å². The molecule has 4 rings (SSSR count). The Morgan fingerprint density at radius 1 is 0.444 bits per heavy atom. The van der Waals surface area contributed by atoms with Crippen LogP contribution >= 0.6 is 47.8 Å². The van der Waals surface area contributed by atoms with Crippen LogP contribution in [0.1, 0.15) is 0 Å². The van der Waals surface area contributed by atoms with Crippen LogP contribution < -0.4 is 0 Å². The van der Waals surface area contributed by atoms with Crippen molar-refractivity contribution in [2.24, 2.45) is 0 Å². The number of aromatic nitrogens is 2. The molecule has 0 saturated heterocycles. The Bertz CT molecular complexity index is 920. The second-order valence-electron chi connectivity index (χ2n) is 5.98. The Labute approximate surface area is 183 Å². The summed E-state index contributed by atoms with van der Waals surface area (Å²) < 4.78 is 3.12. The Kier molecular flexibility index (Phi) is 5.53. The zero-order valence-electron chi connectivity index (χ0n) is 14.0. The van der Waals surface area contributed by atoms with Crippen molar-refractivity contribution in [1.82, 2.24) is 9.97 Å². The Morgan fingerprint density at radius 2 is 0.778 bits per heavy atom. The van der Waals surface area contributed by atoms with Gasteiger partial charge in [0.2, 0.25) is 0 Å². The van der Waals surface area contributed by atoms with Gasteiger partial charge in [-0.1, -0.05) is 84.2 Å². The average molecular weight is 545 g/mol. The van der Waals surface area contributed by atoms with Crippen LogP contribution in [0, 0.1) is 0 Å². The third-order valence-corrected chi connectivity index (χ3v) is 5.69. The number of rotatable bonds is 3. The van der Waals surface area contributed by atoms with Gasteiger partial charge in [0, 0.05) is 30.1 Å². The molecule has 0 saturated carbocycles. The highest BCUT2D eigenvalue weighted by Crippen LogP contribution is 2.29. The normalized spacial score (nSPS) is 10.8. The van der Waals surface area contributed by atoms with E-state index < -0.39 is 0 Å². The van der Waals surface area contributed by atoms with Gasteiger partial charge >= 0.3 is 0 Å². The molecule has 5 heteroatoms. The van der Waals surface area contributed by atoms with E-state index in [0.717, 1.165) is 41.5 Å². The third kappa shape index (κ3) is 4.37. The highest BCUT2D eigenvalue weighted by Gasteiger charge is 2.10. The Morgan fingerprint density at radius 3 is 1.15 bits per heavy atom. The first-order valence-electron chi connectivity index (χ1n) is 8.25. The fourth-order valence-corrected chi connectivity index (χ4v) is 3.51. The molecule has 27 heavy (non-hydrogen) atoms. The lowest BCUT2D eigenvalue weighted by molar-refractivity contribution is 1.18. The molecule has 0 aliphatic carbocycles. The zero-order valence-corrected chi connectivity index (χ0v) is 18.8. The number of benzene rings is 3. The second kappa shape index (κ2) is 8.05. The van der Waals surface area contributed by atoms with Crippen LogP contribution in [0.15, 0.2) is 92.3 Å². The quantitative estimate of drug-likeness (QED) is 0.263. The fraction of sp³-hybridized carbons (Fsp3) is 0. The predicted molar refractivity (Wildman–Crippen MR) is 121 cm³/mol. The molecule has 0 fully saturated rings. The zero-order chi connectivity index (χ0) is 18.8. The van der Waals surface area contributed by atoms with Gasteiger partial charge in [-0.05, 0) is 42.5 Å². The minimum atomic E-state index is 0.709. The second-order valence-corrected chi connectivity index (χ2v) is 8.73. The summed E-state index contributed by atoms with van der Waals surface area (Å²) in [4.78, 5) is 9.65. The molecule has 4 aromatic rings. The van der Waals surface area contributed by atoms with E-state index in [1.165, 1.54) is 0 Å². The molecule has 0 atom stereocenters. The number of halogens is 3. The molecule has 0 bridgehead atoms. The van der Waals surface area contributed by atoms with E-state index >= 15 is 0 Å². The summed E-state index contributed by atoms with van der Waals surface area (Å²) in [6, 6.07) is 26.4. The lowest BCUT2D eigenvalue weighted by Gasteiger charge is -2.10. The fourth-order valence-electron chi connectivity index (χ4n) is 2.71. The van der Waals surface area contributed by atoms with Gasteiger partial charge in [0.15, 0.2) is 5.82 Å². The van der Waals surface area contributed by atoms with Gasteiger partial charge in [0.25, 0.3) is 0 Å². The average Bonchev–Trinajstić information content (AvgIpc) is 2.69. The maximum atomic E-state index is 4.83. The Balaban J connectivity index is 1.89. The van der Waals surface area contributed by atoms with Gasteiger partial charge in [-0.15, -0.1) is 0 Å². The molecule has 2 nitrogen and oxygen atoms in total. The molecule has 0 amide bonds. The van der Waals surface area contributed by atoms with E-state index in [1.807, 2.05) is 54.6 Å². The molecule has 1 aromatic heterocycles. The van der Waals surface area contributed by atoms with E-state index in [0.29, 0.717) is 5.82 Å². The van der Waals surface area contributed by atoms with Crippen LogP contribution in [0.5, 0.6) is 0 Å². The molecule has 0 spiro atoms. The van der Waals surface area contributed by atoms with Gasteiger partial charge in [0.1, 0.15) is 0 Å². The van der Waals surface area contributed by atoms with Crippen LogP contribution in [-0.2, 0) is 0 Å². The van der Waals surface area contributed by atoms with Gasteiger partial charge in [-0.2, -0.15) is 0 Å². The van der Waals surface area contributed by atoms with E-state index in [4.69, 9.17) is 9.97 Å². The van der Waals surface area contributed by atoms with Crippen molar-refractivity contribution in [3.05, 3.63) is 92.3 Å². The first-order chi connectivity index (χ1) is 13.1. The van der Waals surface area contributed by atoms with E-state index in [9.17, 15) is 0 Å². The molecule has 1 heterocycles. The first kappa shape index (κ1) is 18.5. The minimum Gasteiger partial charge on any atom is -0.228 e. The summed E-state index contributed by atoms with van der Waals surface area (Å²) in [6.45, 7) is 0. The van der Waals surface area contributed by atoms with Crippen molar-refractivity contribution >= 4 is 47.8 Å². The molecule has 0 radical (unpaired) electrons. The monoisotopic (exact) mass is 542 g/mol. The van der Waals surface area contributed by atoms with Crippen LogP contribution in [0.25, 0.3) is 33.9 Å². The highest BCUT2D eigenvalue weighted by atomic mass is 79.9. The SMILES string of the molecule is Brc1ccc(-c2cc(-c3ccc(Br)cc3)nc(-c3ccc(Br)cc3)n2)cc1. The van der Waals surface area contributed by atoms with Crippen molar-refractivity contribution in [3.8, 4) is 33.9 Å². The molecule has 3 aromatic carbocycles. The van der Waals surface area contributed by atoms with Crippen LogP contribution in [0.2, 0.25) is 0 Å². The maximum absolute atomic E-state index is 4.83. The first-order valence-corrected chi connectivity index (χ1v) is 10.6. The maximum Gasteiger partial charge on any atom is 0.160 e. The van der Waals surface area contributed by atoms with Crippen LogP contribution in [0.3, 0.4) is 0 Å². The minimum absolute atomic E-state index is 0.709. The van der Waals surface area contributed by atoms with Crippen molar-refractivity contribution < 1.29 is 0 Å². The molecular formula is C22H13Br3N2. The van der Waals surface area contributed by atoms with Crippen LogP contribution in [-0.4, -0.2) is 9.97 Å². The van der Waals surface area contributed by atoms with Gasteiger partial charge < -0.3 is 0 Å². The smallest absolute Gasteiger partial charge is 0.160 e. The van der Waals surface area contributed by atoms with Gasteiger partial charge in [0.05, 0.1) is 11.4 Å². The topological polar surface area (TPSA) is 25.8 Å². The van der Waals surface area contributed by atoms with Gasteiger partial charge in [-0.3, -0.25) is 0 Å². The van der Waals surface area contributed by atoms with E-state index in [-0.39, 0.29) is 0 Å². The standard InChI is InChI=1S/C22H13Br3N2/c23-17-7-1-14(2-8-17)20-13-21(15-3-9-18(24)10-4-15)27-22(26-20)16-5-11-19(25)12-6-16/h1-13H. The van der Waals surface area contributed by atoms with Crippen molar-refractivity contribution in [2.75, 3.05) is 0 Å². The lowest BCUT2D eigenvalue weighted by atomic mass is 10.1. The molecule has 132 valence electrons. The molecule has 0 N–H and O–H groups in total. The predicted octanol–water partition coefficient (Wildman–Crippen LogP) is 7.77. The largest absolute Gasteiger partial charge is 0.228 e. The number of hydrogen-bond acceptors (Lipinski definition) is 2. The third-order valence-electron chi connectivity index (χ3n) is 4.11. The van der Waals surface area contributed by atoms with Crippen LogP contribution in [0.4, 0.5) is 0 Å². The summed E-state index contributed by atoms with van der Waals surface area (Å²) in [5.74, 6) is 0.709. The summed E-state index contributed by atoms with van der Waals surface area (Å²) in [5, 5.41) is 0.